The van der Waals surface area contributed by atoms with Crippen molar-refractivity contribution < 1.29 is 5.11 Å². The van der Waals surface area contributed by atoms with Crippen LogP contribution in [0.5, 0.6) is 5.75 Å². The summed E-state index contributed by atoms with van der Waals surface area (Å²) in [5.74, 6) is 0.316. The summed E-state index contributed by atoms with van der Waals surface area (Å²) in [6, 6.07) is 20.2. The van der Waals surface area contributed by atoms with Gasteiger partial charge in [0.25, 0.3) is 0 Å². The van der Waals surface area contributed by atoms with Crippen LogP contribution in [0.3, 0.4) is 0 Å². The quantitative estimate of drug-likeness (QED) is 0.656. The van der Waals surface area contributed by atoms with Crippen molar-refractivity contribution in [3.63, 3.8) is 0 Å². The Hall–Kier alpha value is -2.28. The second-order valence-electron chi connectivity index (χ2n) is 4.53. The molecule has 18 heavy (non-hydrogen) atoms. The van der Waals surface area contributed by atoms with Crippen molar-refractivity contribution >= 4 is 10.8 Å². The lowest BCUT2D eigenvalue weighted by molar-refractivity contribution is 0.475. The van der Waals surface area contributed by atoms with Gasteiger partial charge in [-0.05, 0) is 46.5 Å². The maximum atomic E-state index is 9.50. The van der Waals surface area contributed by atoms with Gasteiger partial charge < -0.3 is 5.11 Å². The summed E-state index contributed by atoms with van der Waals surface area (Å²) in [5, 5.41) is 12.0. The molecule has 0 unspecified atom stereocenters. The van der Waals surface area contributed by atoms with E-state index in [1.807, 2.05) is 13.0 Å². The molecule has 0 aliphatic heterocycles. The smallest absolute Gasteiger partial charge is 0.115 e. The van der Waals surface area contributed by atoms with Gasteiger partial charge in [-0.15, -0.1) is 0 Å². The summed E-state index contributed by atoms with van der Waals surface area (Å²) >= 11 is 0. The molecule has 0 aromatic heterocycles. The molecule has 0 saturated heterocycles. The third-order valence-electron chi connectivity index (χ3n) is 3.29. The third-order valence-corrected chi connectivity index (χ3v) is 3.29. The monoisotopic (exact) mass is 234 g/mol. The molecule has 1 heteroatoms. The summed E-state index contributed by atoms with van der Waals surface area (Å²) in [4.78, 5) is 0. The van der Waals surface area contributed by atoms with Crippen LogP contribution in [0, 0.1) is 6.92 Å². The number of rotatable bonds is 1. The number of phenols is 1. The lowest BCUT2D eigenvalue weighted by Crippen LogP contribution is -1.85. The van der Waals surface area contributed by atoms with Crippen LogP contribution >= 0.6 is 0 Å². The minimum absolute atomic E-state index is 0.316. The Kier molecular flexibility index (Phi) is 2.52. The average molecular weight is 234 g/mol. The molecule has 0 fully saturated rings. The van der Waals surface area contributed by atoms with E-state index in [0.29, 0.717) is 5.75 Å². The van der Waals surface area contributed by atoms with Gasteiger partial charge >= 0.3 is 0 Å². The number of hydrogen-bond donors (Lipinski definition) is 1. The first-order valence-corrected chi connectivity index (χ1v) is 6.03. The largest absolute Gasteiger partial charge is 0.508 e. The summed E-state index contributed by atoms with van der Waals surface area (Å²) in [6.07, 6.45) is 0. The number of fused-ring (bicyclic) bond motifs is 1. The van der Waals surface area contributed by atoms with Crippen LogP contribution in [-0.4, -0.2) is 5.11 Å². The zero-order valence-electron chi connectivity index (χ0n) is 10.2. The number of aryl methyl sites for hydroxylation is 1. The fourth-order valence-electron chi connectivity index (χ4n) is 2.41. The van der Waals surface area contributed by atoms with E-state index in [1.165, 1.54) is 21.9 Å². The second kappa shape index (κ2) is 4.19. The first-order valence-electron chi connectivity index (χ1n) is 6.03. The Morgan fingerprint density at radius 3 is 2.39 bits per heavy atom. The molecule has 0 saturated carbocycles. The minimum Gasteiger partial charge on any atom is -0.508 e. The maximum Gasteiger partial charge on any atom is 0.115 e. The summed E-state index contributed by atoms with van der Waals surface area (Å²) in [7, 11) is 0. The summed E-state index contributed by atoms with van der Waals surface area (Å²) in [6.45, 7) is 2.02. The highest BCUT2D eigenvalue weighted by molar-refractivity contribution is 5.97. The molecule has 1 N–H and O–H groups in total. The van der Waals surface area contributed by atoms with Crippen molar-refractivity contribution in [2.45, 2.75) is 6.92 Å². The van der Waals surface area contributed by atoms with Crippen molar-refractivity contribution in [3.05, 3.63) is 66.2 Å². The first-order chi connectivity index (χ1) is 8.75. The van der Waals surface area contributed by atoms with Gasteiger partial charge in [0.05, 0.1) is 0 Å². The van der Waals surface area contributed by atoms with Gasteiger partial charge in [-0.3, -0.25) is 0 Å². The Morgan fingerprint density at radius 2 is 1.56 bits per heavy atom. The molecule has 0 atom stereocenters. The lowest BCUT2D eigenvalue weighted by atomic mass is 9.95. The third kappa shape index (κ3) is 1.74. The van der Waals surface area contributed by atoms with Crippen molar-refractivity contribution in [1.29, 1.82) is 0 Å². The molecule has 88 valence electrons. The molecule has 3 aromatic rings. The van der Waals surface area contributed by atoms with Gasteiger partial charge in [0.15, 0.2) is 0 Å². The van der Waals surface area contributed by atoms with Crippen LogP contribution in [0.25, 0.3) is 21.9 Å². The predicted octanol–water partition coefficient (Wildman–Crippen LogP) is 4.52. The van der Waals surface area contributed by atoms with Crippen molar-refractivity contribution in [3.8, 4) is 16.9 Å². The Balaban J connectivity index is 2.31. The van der Waals surface area contributed by atoms with E-state index < -0.39 is 0 Å². The summed E-state index contributed by atoms with van der Waals surface area (Å²) in [5.41, 5.74) is 3.47. The van der Waals surface area contributed by atoms with Crippen LogP contribution in [-0.2, 0) is 0 Å². The van der Waals surface area contributed by atoms with Crippen molar-refractivity contribution in [2.24, 2.45) is 0 Å². The van der Waals surface area contributed by atoms with Gasteiger partial charge in [0.2, 0.25) is 0 Å². The number of hydrogen-bond acceptors (Lipinski definition) is 1. The molecule has 1 nitrogen and oxygen atoms in total. The normalized spacial score (nSPS) is 10.7. The van der Waals surface area contributed by atoms with Crippen LogP contribution in [0.2, 0.25) is 0 Å². The van der Waals surface area contributed by atoms with Gasteiger partial charge in [-0.2, -0.15) is 0 Å². The van der Waals surface area contributed by atoms with Gasteiger partial charge in [0, 0.05) is 0 Å². The minimum atomic E-state index is 0.316. The molecule has 0 radical (unpaired) electrons. The zero-order valence-corrected chi connectivity index (χ0v) is 10.2. The van der Waals surface area contributed by atoms with Crippen molar-refractivity contribution in [1.82, 2.24) is 0 Å². The zero-order chi connectivity index (χ0) is 12.5. The lowest BCUT2D eigenvalue weighted by Gasteiger charge is -2.10. The average Bonchev–Trinajstić information content (AvgIpc) is 2.38. The topological polar surface area (TPSA) is 20.2 Å². The highest BCUT2D eigenvalue weighted by Gasteiger charge is 2.06. The van der Waals surface area contributed by atoms with E-state index in [2.05, 4.69) is 42.5 Å². The Morgan fingerprint density at radius 1 is 0.778 bits per heavy atom. The van der Waals surface area contributed by atoms with Crippen molar-refractivity contribution in [2.75, 3.05) is 0 Å². The molecular formula is C17H14O. The van der Waals surface area contributed by atoms with E-state index in [4.69, 9.17) is 0 Å². The molecule has 3 rings (SSSR count). The molecule has 0 amide bonds. The first kappa shape index (κ1) is 10.8. The van der Waals surface area contributed by atoms with E-state index >= 15 is 0 Å². The van der Waals surface area contributed by atoms with Gasteiger partial charge in [-0.25, -0.2) is 0 Å². The highest BCUT2D eigenvalue weighted by atomic mass is 16.3. The molecule has 0 bridgehead atoms. The second-order valence-corrected chi connectivity index (χ2v) is 4.53. The van der Waals surface area contributed by atoms with Crippen LogP contribution in [0.4, 0.5) is 0 Å². The van der Waals surface area contributed by atoms with Crippen LogP contribution in [0.1, 0.15) is 5.56 Å². The predicted molar refractivity (Wildman–Crippen MR) is 75.8 cm³/mol. The Bertz CT molecular complexity index is 708. The molecule has 0 spiro atoms. The molecule has 0 heterocycles. The van der Waals surface area contributed by atoms with Crippen LogP contribution < -0.4 is 0 Å². The highest BCUT2D eigenvalue weighted by Crippen LogP contribution is 2.32. The number of benzene rings is 3. The standard InChI is InChI=1S/C17H14O/c1-12-11-14(18)9-10-15(12)17-8-4-6-13-5-2-3-7-16(13)17/h2-11,18H,1H3. The molecular weight excluding hydrogens is 220 g/mol. The van der Waals surface area contributed by atoms with E-state index in [-0.39, 0.29) is 0 Å². The van der Waals surface area contributed by atoms with Crippen LogP contribution in [0.15, 0.2) is 60.7 Å². The van der Waals surface area contributed by atoms with Gasteiger partial charge in [0.1, 0.15) is 5.75 Å². The van der Waals surface area contributed by atoms with E-state index in [9.17, 15) is 5.11 Å². The number of aromatic hydroxyl groups is 1. The van der Waals surface area contributed by atoms with Gasteiger partial charge in [-0.1, -0.05) is 48.5 Å². The fourth-order valence-corrected chi connectivity index (χ4v) is 2.41. The molecule has 0 aliphatic carbocycles. The summed E-state index contributed by atoms with van der Waals surface area (Å²) < 4.78 is 0. The van der Waals surface area contributed by atoms with E-state index in [0.717, 1.165) is 5.56 Å². The maximum absolute atomic E-state index is 9.50. The molecule has 0 aliphatic rings. The fraction of sp³-hybridized carbons (Fsp3) is 0.0588. The SMILES string of the molecule is Cc1cc(O)ccc1-c1cccc2ccccc12. The van der Waals surface area contributed by atoms with E-state index in [1.54, 1.807) is 12.1 Å². The number of phenolic OH excluding ortho intramolecular Hbond substituents is 1. The molecule has 3 aromatic carbocycles. The Labute approximate surface area is 106 Å².